The zero-order chi connectivity index (χ0) is 15.4. The third-order valence-electron chi connectivity index (χ3n) is 2.41. The predicted octanol–water partition coefficient (Wildman–Crippen LogP) is 5.41. The Kier molecular flexibility index (Phi) is 12.6. The van der Waals surface area contributed by atoms with Crippen molar-refractivity contribution in [2.75, 3.05) is 6.54 Å². The van der Waals surface area contributed by atoms with Gasteiger partial charge in [-0.15, -0.1) is 0 Å². The second kappa shape index (κ2) is 11.9. The van der Waals surface area contributed by atoms with Crippen LogP contribution in [0.2, 0.25) is 0 Å². The number of benzene rings is 1. The fourth-order valence-electron chi connectivity index (χ4n) is 1.32. The summed E-state index contributed by atoms with van der Waals surface area (Å²) in [6.07, 6.45) is 0. The lowest BCUT2D eigenvalue weighted by atomic mass is 10.1. The fourth-order valence-corrected chi connectivity index (χ4v) is 1.32. The van der Waals surface area contributed by atoms with Gasteiger partial charge >= 0.3 is 0 Å². The molecule has 0 fully saturated rings. The molecule has 0 aromatic heterocycles. The fraction of sp³-hybridized carbons (Fsp3) is 0.529. The Bertz CT molecular complexity index is 358. The third-order valence-corrected chi connectivity index (χ3v) is 2.41. The lowest BCUT2D eigenvalue weighted by Crippen LogP contribution is -2.20. The van der Waals surface area contributed by atoms with E-state index in [0.29, 0.717) is 5.56 Å². The maximum absolute atomic E-state index is 13.3. The van der Waals surface area contributed by atoms with Crippen LogP contribution < -0.4 is 5.32 Å². The third kappa shape index (κ3) is 8.55. The minimum Gasteiger partial charge on any atom is -0.306 e. The number of nitrogens with one attached hydrogen (secondary N) is 1. The van der Waals surface area contributed by atoms with Crippen molar-refractivity contribution in [3.05, 3.63) is 47.3 Å². The lowest BCUT2D eigenvalue weighted by Gasteiger charge is -2.14. The van der Waals surface area contributed by atoms with Crippen molar-refractivity contribution in [3.8, 4) is 0 Å². The molecule has 1 atom stereocenters. The van der Waals surface area contributed by atoms with Gasteiger partial charge in [0.05, 0.1) is 0 Å². The lowest BCUT2D eigenvalue weighted by molar-refractivity contribution is 0.585. The van der Waals surface area contributed by atoms with Crippen molar-refractivity contribution in [3.63, 3.8) is 0 Å². The van der Waals surface area contributed by atoms with Gasteiger partial charge in [-0.2, -0.15) is 0 Å². The average Bonchev–Trinajstić information content (AvgIpc) is 2.43. The molecule has 0 radical (unpaired) electrons. The molecular formula is C17H30FN. The van der Waals surface area contributed by atoms with Crippen molar-refractivity contribution in [2.45, 2.75) is 54.5 Å². The summed E-state index contributed by atoms with van der Waals surface area (Å²) in [5, 5.41) is 3.28. The largest absolute Gasteiger partial charge is 0.306 e. The Balaban J connectivity index is 0. The summed E-state index contributed by atoms with van der Waals surface area (Å²) < 4.78 is 13.3. The van der Waals surface area contributed by atoms with E-state index in [0.717, 1.165) is 17.7 Å². The molecule has 0 aliphatic heterocycles. The van der Waals surface area contributed by atoms with Crippen LogP contribution in [0.1, 0.15) is 58.7 Å². The molecule has 1 nitrogen and oxygen atoms in total. The van der Waals surface area contributed by atoms with Crippen LogP contribution in [0.25, 0.3) is 0 Å². The molecule has 0 aliphatic rings. The van der Waals surface area contributed by atoms with E-state index in [9.17, 15) is 4.39 Å². The van der Waals surface area contributed by atoms with Crippen LogP contribution >= 0.6 is 0 Å². The van der Waals surface area contributed by atoms with E-state index in [1.807, 2.05) is 53.7 Å². The molecule has 1 unspecified atom stereocenters. The Morgan fingerprint density at radius 3 is 2.21 bits per heavy atom. The molecule has 0 aliphatic carbocycles. The molecule has 1 N–H and O–H groups in total. The first-order chi connectivity index (χ1) is 9.00. The van der Waals surface area contributed by atoms with Crippen LogP contribution in [0, 0.1) is 12.7 Å². The van der Waals surface area contributed by atoms with Crippen molar-refractivity contribution in [1.82, 2.24) is 5.32 Å². The molecule has 1 aromatic rings. The number of hydrogen-bond donors (Lipinski definition) is 1. The first-order valence-corrected chi connectivity index (χ1v) is 7.14. The first kappa shape index (κ1) is 20.2. The molecule has 110 valence electrons. The highest BCUT2D eigenvalue weighted by Crippen LogP contribution is 2.16. The summed E-state index contributed by atoms with van der Waals surface area (Å²) in [5.41, 5.74) is 2.74. The predicted molar refractivity (Wildman–Crippen MR) is 85.1 cm³/mol. The summed E-state index contributed by atoms with van der Waals surface area (Å²) in [6, 6.07) is 5.50. The highest BCUT2D eigenvalue weighted by Gasteiger charge is 2.06. The van der Waals surface area contributed by atoms with Crippen molar-refractivity contribution in [2.24, 2.45) is 0 Å². The maximum atomic E-state index is 13.3. The molecule has 0 saturated heterocycles. The van der Waals surface area contributed by atoms with E-state index in [1.165, 1.54) is 0 Å². The Morgan fingerprint density at radius 1 is 1.26 bits per heavy atom. The average molecular weight is 267 g/mol. The Morgan fingerprint density at radius 2 is 1.79 bits per heavy atom. The minimum absolute atomic E-state index is 0.142. The van der Waals surface area contributed by atoms with Gasteiger partial charge in [-0.3, -0.25) is 0 Å². The van der Waals surface area contributed by atoms with Gasteiger partial charge in [0.25, 0.3) is 0 Å². The zero-order valence-corrected chi connectivity index (χ0v) is 13.6. The van der Waals surface area contributed by atoms with Crippen molar-refractivity contribution >= 4 is 0 Å². The molecule has 2 heteroatoms. The van der Waals surface area contributed by atoms with Crippen LogP contribution in [-0.4, -0.2) is 6.54 Å². The van der Waals surface area contributed by atoms with Gasteiger partial charge < -0.3 is 5.32 Å². The first-order valence-electron chi connectivity index (χ1n) is 7.14. The van der Waals surface area contributed by atoms with Crippen molar-refractivity contribution < 1.29 is 4.39 Å². The quantitative estimate of drug-likeness (QED) is 0.719. The number of hydrogen-bond acceptors (Lipinski definition) is 1. The zero-order valence-electron chi connectivity index (χ0n) is 13.6. The van der Waals surface area contributed by atoms with E-state index in [4.69, 9.17) is 0 Å². The second-order valence-corrected chi connectivity index (χ2v) is 4.07. The smallest absolute Gasteiger partial charge is 0.126 e. The topological polar surface area (TPSA) is 12.0 Å². The van der Waals surface area contributed by atoms with Gasteiger partial charge in [0, 0.05) is 12.6 Å². The van der Waals surface area contributed by atoms with E-state index in [-0.39, 0.29) is 11.9 Å². The molecule has 0 heterocycles. The molecule has 0 amide bonds. The van der Waals surface area contributed by atoms with E-state index < -0.39 is 0 Å². The normalized spacial score (nSPS) is 10.5. The highest BCUT2D eigenvalue weighted by atomic mass is 19.1. The molecule has 19 heavy (non-hydrogen) atoms. The van der Waals surface area contributed by atoms with Gasteiger partial charge in [-0.05, 0) is 38.0 Å². The standard InChI is InChI=1S/C13H18FN.2C2H6/c1-9(2)8-15-11(4)12-6-5-10(3)13(14)7-12;2*1-2/h5-7,11,15H,1,8H2,2-4H3;2*1-2H3. The van der Waals surface area contributed by atoms with Crippen LogP contribution in [0.4, 0.5) is 4.39 Å². The number of aryl methyl sites for hydroxylation is 1. The van der Waals surface area contributed by atoms with E-state index >= 15 is 0 Å². The molecule has 1 rings (SSSR count). The molecule has 0 spiro atoms. The van der Waals surface area contributed by atoms with Gasteiger partial charge in [0.15, 0.2) is 0 Å². The van der Waals surface area contributed by atoms with Gasteiger partial charge in [-0.1, -0.05) is 52.0 Å². The van der Waals surface area contributed by atoms with Gasteiger partial charge in [-0.25, -0.2) is 4.39 Å². The summed E-state index contributed by atoms with van der Waals surface area (Å²) in [7, 11) is 0. The van der Waals surface area contributed by atoms with Gasteiger partial charge in [0.2, 0.25) is 0 Å². The highest BCUT2D eigenvalue weighted by molar-refractivity contribution is 5.25. The summed E-state index contributed by atoms with van der Waals surface area (Å²) in [6.45, 7) is 18.3. The monoisotopic (exact) mass is 267 g/mol. The second-order valence-electron chi connectivity index (χ2n) is 4.07. The summed E-state index contributed by atoms with van der Waals surface area (Å²) in [4.78, 5) is 0. The summed E-state index contributed by atoms with van der Waals surface area (Å²) >= 11 is 0. The Hall–Kier alpha value is -1.15. The molecule has 0 bridgehead atoms. The van der Waals surface area contributed by atoms with Crippen LogP contribution in [0.15, 0.2) is 30.4 Å². The summed E-state index contributed by atoms with van der Waals surface area (Å²) in [5.74, 6) is -0.142. The molecule has 1 aromatic carbocycles. The SMILES string of the molecule is C=C(C)CNC(C)c1ccc(C)c(F)c1.CC.CC. The number of rotatable bonds is 4. The Labute approximate surface area is 118 Å². The maximum Gasteiger partial charge on any atom is 0.126 e. The number of halogens is 1. The van der Waals surface area contributed by atoms with Crippen molar-refractivity contribution in [1.29, 1.82) is 0 Å². The van der Waals surface area contributed by atoms with Crippen LogP contribution in [-0.2, 0) is 0 Å². The minimum atomic E-state index is -0.142. The molecular weight excluding hydrogens is 237 g/mol. The van der Waals surface area contributed by atoms with Crippen LogP contribution in [0.5, 0.6) is 0 Å². The van der Waals surface area contributed by atoms with E-state index in [1.54, 1.807) is 13.0 Å². The molecule has 0 saturated carbocycles. The van der Waals surface area contributed by atoms with E-state index in [2.05, 4.69) is 11.9 Å². The van der Waals surface area contributed by atoms with Gasteiger partial charge in [0.1, 0.15) is 5.82 Å². The van der Waals surface area contributed by atoms with Crippen LogP contribution in [0.3, 0.4) is 0 Å².